The number of rotatable bonds is 3. The number of amides is 1. The van der Waals surface area contributed by atoms with Crippen molar-refractivity contribution in [3.8, 4) is 0 Å². The van der Waals surface area contributed by atoms with Crippen LogP contribution in [0, 0.1) is 0 Å². The van der Waals surface area contributed by atoms with Crippen LogP contribution in [0.4, 0.5) is 5.69 Å². The topological polar surface area (TPSA) is 55.1 Å². The van der Waals surface area contributed by atoms with Crippen LogP contribution in [-0.2, 0) is 6.42 Å². The summed E-state index contributed by atoms with van der Waals surface area (Å²) in [4.78, 5) is 15.8. The molecule has 2 aromatic rings. The summed E-state index contributed by atoms with van der Waals surface area (Å²) in [6, 6.07) is 5.19. The highest BCUT2D eigenvalue weighted by Crippen LogP contribution is 2.21. The lowest BCUT2D eigenvalue weighted by atomic mass is 10.3. The fourth-order valence-corrected chi connectivity index (χ4v) is 1.70. The summed E-state index contributed by atoms with van der Waals surface area (Å²) in [6.45, 7) is 1.97. The van der Waals surface area contributed by atoms with Gasteiger partial charge >= 0.3 is 0 Å². The summed E-state index contributed by atoms with van der Waals surface area (Å²) in [5.41, 5.74) is 0.666. The van der Waals surface area contributed by atoms with Crippen LogP contribution in [0.25, 0.3) is 0 Å². The standard InChI is InChI=1S/C12H11BrN2O2/c1-2-8-3-4-11(17-8)12(16)15-10-5-6-14-7-9(10)13/h3-7H,2H2,1H3,(H,14,15,16). The molecule has 0 fully saturated rings. The van der Waals surface area contributed by atoms with Crippen LogP contribution in [-0.4, -0.2) is 10.9 Å². The van der Waals surface area contributed by atoms with Gasteiger partial charge in [-0.1, -0.05) is 6.92 Å². The zero-order valence-electron chi connectivity index (χ0n) is 9.24. The summed E-state index contributed by atoms with van der Waals surface area (Å²) >= 11 is 3.31. The number of nitrogens with one attached hydrogen (secondary N) is 1. The molecule has 2 aromatic heterocycles. The van der Waals surface area contributed by atoms with Crippen molar-refractivity contribution in [1.29, 1.82) is 0 Å². The molecule has 4 nitrogen and oxygen atoms in total. The Morgan fingerprint density at radius 3 is 2.94 bits per heavy atom. The van der Waals surface area contributed by atoms with Crippen molar-refractivity contribution in [2.75, 3.05) is 5.32 Å². The molecule has 0 spiro atoms. The van der Waals surface area contributed by atoms with Gasteiger partial charge in [0.1, 0.15) is 5.76 Å². The molecule has 0 unspecified atom stereocenters. The minimum absolute atomic E-state index is 0.267. The lowest BCUT2D eigenvalue weighted by Gasteiger charge is -2.04. The van der Waals surface area contributed by atoms with E-state index in [1.807, 2.05) is 6.92 Å². The summed E-state index contributed by atoms with van der Waals surface area (Å²) in [5, 5.41) is 2.74. The number of furan rings is 1. The van der Waals surface area contributed by atoms with E-state index in [0.29, 0.717) is 11.4 Å². The molecule has 88 valence electrons. The third-order valence-electron chi connectivity index (χ3n) is 2.25. The van der Waals surface area contributed by atoms with Gasteiger partial charge in [0.25, 0.3) is 5.91 Å². The minimum Gasteiger partial charge on any atom is -0.456 e. The number of halogens is 1. The number of carbonyl (C=O) groups is 1. The van der Waals surface area contributed by atoms with Gasteiger partial charge in [-0.25, -0.2) is 0 Å². The summed E-state index contributed by atoms with van der Waals surface area (Å²) in [6.07, 6.45) is 4.00. The molecule has 0 bridgehead atoms. The van der Waals surface area contributed by atoms with Crippen LogP contribution in [0.3, 0.4) is 0 Å². The molecule has 1 N–H and O–H groups in total. The summed E-state index contributed by atoms with van der Waals surface area (Å²) in [5.74, 6) is 0.839. The monoisotopic (exact) mass is 294 g/mol. The third-order valence-corrected chi connectivity index (χ3v) is 2.89. The first kappa shape index (κ1) is 11.9. The van der Waals surface area contributed by atoms with Crippen LogP contribution in [0.5, 0.6) is 0 Å². The van der Waals surface area contributed by atoms with Gasteiger partial charge in [0.15, 0.2) is 5.76 Å². The first-order chi connectivity index (χ1) is 8.20. The first-order valence-corrected chi connectivity index (χ1v) is 5.99. The van der Waals surface area contributed by atoms with Gasteiger partial charge in [-0.05, 0) is 34.1 Å². The van der Waals surface area contributed by atoms with E-state index >= 15 is 0 Å². The van der Waals surface area contributed by atoms with Gasteiger partial charge in [0, 0.05) is 18.8 Å². The Balaban J connectivity index is 2.14. The Morgan fingerprint density at radius 2 is 2.29 bits per heavy atom. The Bertz CT molecular complexity index is 537. The van der Waals surface area contributed by atoms with E-state index in [4.69, 9.17) is 4.42 Å². The van der Waals surface area contributed by atoms with Crippen molar-refractivity contribution >= 4 is 27.5 Å². The van der Waals surface area contributed by atoms with E-state index in [1.165, 1.54) is 0 Å². The van der Waals surface area contributed by atoms with Crippen molar-refractivity contribution < 1.29 is 9.21 Å². The molecule has 0 aromatic carbocycles. The van der Waals surface area contributed by atoms with Crippen LogP contribution < -0.4 is 5.32 Å². The lowest BCUT2D eigenvalue weighted by molar-refractivity contribution is 0.0995. The van der Waals surface area contributed by atoms with E-state index in [0.717, 1.165) is 16.7 Å². The highest BCUT2D eigenvalue weighted by Gasteiger charge is 2.12. The minimum atomic E-state index is -0.267. The Morgan fingerprint density at radius 1 is 1.47 bits per heavy atom. The van der Waals surface area contributed by atoms with Crippen LogP contribution in [0.2, 0.25) is 0 Å². The van der Waals surface area contributed by atoms with Crippen molar-refractivity contribution in [1.82, 2.24) is 4.98 Å². The highest BCUT2D eigenvalue weighted by atomic mass is 79.9. The lowest BCUT2D eigenvalue weighted by Crippen LogP contribution is -2.11. The first-order valence-electron chi connectivity index (χ1n) is 5.20. The molecule has 0 aliphatic heterocycles. The molecule has 0 radical (unpaired) electrons. The molecule has 2 heterocycles. The second-order valence-electron chi connectivity index (χ2n) is 3.43. The molecular formula is C12H11BrN2O2. The fraction of sp³-hybridized carbons (Fsp3) is 0.167. The number of carbonyl (C=O) groups excluding carboxylic acids is 1. The highest BCUT2D eigenvalue weighted by molar-refractivity contribution is 9.10. The van der Waals surface area contributed by atoms with Gasteiger partial charge < -0.3 is 9.73 Å². The zero-order chi connectivity index (χ0) is 12.3. The van der Waals surface area contributed by atoms with E-state index in [1.54, 1.807) is 30.6 Å². The Kier molecular flexibility index (Phi) is 3.58. The normalized spacial score (nSPS) is 10.2. The maximum Gasteiger partial charge on any atom is 0.291 e. The number of nitrogens with zero attached hydrogens (tertiary/aromatic N) is 1. The molecule has 0 aliphatic carbocycles. The molecule has 0 saturated heterocycles. The Labute approximate surface area is 107 Å². The molecule has 0 atom stereocenters. The third kappa shape index (κ3) is 2.74. The summed E-state index contributed by atoms with van der Waals surface area (Å²) in [7, 11) is 0. The quantitative estimate of drug-likeness (QED) is 0.945. The van der Waals surface area contributed by atoms with Crippen molar-refractivity contribution in [3.63, 3.8) is 0 Å². The van der Waals surface area contributed by atoms with Gasteiger partial charge in [-0.2, -0.15) is 0 Å². The molecule has 0 saturated carbocycles. The number of aryl methyl sites for hydroxylation is 1. The van der Waals surface area contributed by atoms with E-state index < -0.39 is 0 Å². The molecule has 5 heteroatoms. The second kappa shape index (κ2) is 5.14. The maximum absolute atomic E-state index is 11.8. The van der Waals surface area contributed by atoms with Crippen LogP contribution in [0.1, 0.15) is 23.2 Å². The SMILES string of the molecule is CCc1ccc(C(=O)Nc2ccncc2Br)o1. The average molecular weight is 295 g/mol. The van der Waals surface area contributed by atoms with Gasteiger partial charge in [0.05, 0.1) is 10.2 Å². The van der Waals surface area contributed by atoms with Crippen molar-refractivity contribution in [2.45, 2.75) is 13.3 Å². The predicted octanol–water partition coefficient (Wildman–Crippen LogP) is 3.25. The second-order valence-corrected chi connectivity index (χ2v) is 4.28. The maximum atomic E-state index is 11.8. The van der Waals surface area contributed by atoms with Crippen LogP contribution >= 0.6 is 15.9 Å². The van der Waals surface area contributed by atoms with Crippen molar-refractivity contribution in [3.05, 3.63) is 46.6 Å². The number of hydrogen-bond donors (Lipinski definition) is 1. The van der Waals surface area contributed by atoms with Gasteiger partial charge in [-0.15, -0.1) is 0 Å². The number of anilines is 1. The molecule has 17 heavy (non-hydrogen) atoms. The molecule has 1 amide bonds. The van der Waals surface area contributed by atoms with E-state index in [9.17, 15) is 4.79 Å². The predicted molar refractivity (Wildman–Crippen MR) is 68.0 cm³/mol. The Hall–Kier alpha value is -1.62. The van der Waals surface area contributed by atoms with Crippen molar-refractivity contribution in [2.24, 2.45) is 0 Å². The average Bonchev–Trinajstić information content (AvgIpc) is 2.81. The molecule has 2 rings (SSSR count). The fourth-order valence-electron chi connectivity index (χ4n) is 1.35. The zero-order valence-corrected chi connectivity index (χ0v) is 10.8. The molecule has 0 aliphatic rings. The van der Waals surface area contributed by atoms with E-state index in [2.05, 4.69) is 26.2 Å². The number of aromatic nitrogens is 1. The number of hydrogen-bond acceptors (Lipinski definition) is 3. The van der Waals surface area contributed by atoms with Gasteiger partial charge in [0.2, 0.25) is 0 Å². The summed E-state index contributed by atoms with van der Waals surface area (Å²) < 4.78 is 6.10. The van der Waals surface area contributed by atoms with Crippen LogP contribution in [0.15, 0.2) is 39.5 Å². The largest absolute Gasteiger partial charge is 0.456 e. The van der Waals surface area contributed by atoms with Gasteiger partial charge in [-0.3, -0.25) is 9.78 Å². The molecular weight excluding hydrogens is 284 g/mol. The number of pyridine rings is 1. The smallest absolute Gasteiger partial charge is 0.291 e. The van der Waals surface area contributed by atoms with E-state index in [-0.39, 0.29) is 5.91 Å².